The molecule has 114 valence electrons. The van der Waals surface area contributed by atoms with Gasteiger partial charge in [-0.2, -0.15) is 5.10 Å². The van der Waals surface area contributed by atoms with Gasteiger partial charge in [0.1, 0.15) is 0 Å². The molecule has 0 aromatic carbocycles. The largest absolute Gasteiger partial charge is 0.317 e. The molecule has 4 nitrogen and oxygen atoms in total. The van der Waals surface area contributed by atoms with Gasteiger partial charge >= 0.3 is 0 Å². The van der Waals surface area contributed by atoms with Crippen molar-refractivity contribution in [3.8, 4) is 0 Å². The van der Waals surface area contributed by atoms with E-state index in [-0.39, 0.29) is 0 Å². The van der Waals surface area contributed by atoms with Gasteiger partial charge in [-0.25, -0.2) is 0 Å². The lowest BCUT2D eigenvalue weighted by Gasteiger charge is -2.35. The summed E-state index contributed by atoms with van der Waals surface area (Å²) in [6, 6.07) is 2.66. The minimum atomic E-state index is 0.629. The van der Waals surface area contributed by atoms with E-state index >= 15 is 0 Å². The molecule has 1 aromatic rings. The molecule has 0 unspecified atom stereocenters. The molecule has 2 saturated heterocycles. The Morgan fingerprint density at radius 3 is 2.40 bits per heavy atom. The van der Waals surface area contributed by atoms with E-state index in [0.717, 1.165) is 5.92 Å². The van der Waals surface area contributed by atoms with E-state index < -0.39 is 0 Å². The Morgan fingerprint density at radius 1 is 1.10 bits per heavy atom. The van der Waals surface area contributed by atoms with Crippen molar-refractivity contribution in [2.45, 2.75) is 45.6 Å². The summed E-state index contributed by atoms with van der Waals surface area (Å²) in [5, 5.41) is 7.82. The maximum absolute atomic E-state index is 4.37. The van der Waals surface area contributed by atoms with Crippen LogP contribution in [0.15, 0.2) is 18.5 Å². The highest BCUT2D eigenvalue weighted by atomic mass is 15.3. The van der Waals surface area contributed by atoms with E-state index in [1.54, 1.807) is 0 Å². The minimum absolute atomic E-state index is 0.629. The molecule has 0 radical (unpaired) electrons. The predicted molar refractivity (Wildman–Crippen MR) is 83.9 cm³/mol. The average Bonchev–Trinajstić information content (AvgIpc) is 3.05. The van der Waals surface area contributed by atoms with Gasteiger partial charge < -0.3 is 10.2 Å². The average molecular weight is 278 g/mol. The van der Waals surface area contributed by atoms with Crippen molar-refractivity contribution in [2.24, 2.45) is 5.92 Å². The first-order valence-corrected chi connectivity index (χ1v) is 8.34. The first-order chi connectivity index (χ1) is 9.92. The van der Waals surface area contributed by atoms with Crippen molar-refractivity contribution in [1.29, 1.82) is 0 Å². The Bertz CT molecular complexity index is 335. The lowest BCUT2D eigenvalue weighted by molar-refractivity contribution is 0.146. The van der Waals surface area contributed by atoms with E-state index in [1.807, 2.05) is 26.1 Å². The third-order valence-electron chi connectivity index (χ3n) is 4.43. The minimum Gasteiger partial charge on any atom is -0.317 e. The van der Waals surface area contributed by atoms with Crippen molar-refractivity contribution in [1.82, 2.24) is 20.0 Å². The highest BCUT2D eigenvalue weighted by molar-refractivity contribution is 4.85. The Labute approximate surface area is 123 Å². The van der Waals surface area contributed by atoms with Crippen LogP contribution >= 0.6 is 0 Å². The summed E-state index contributed by atoms with van der Waals surface area (Å²) in [5.41, 5.74) is 0. The molecule has 20 heavy (non-hydrogen) atoms. The number of hydrogen-bond acceptors (Lipinski definition) is 3. The van der Waals surface area contributed by atoms with E-state index in [2.05, 4.69) is 26.2 Å². The molecule has 2 aliphatic rings. The molecule has 2 fully saturated rings. The van der Waals surface area contributed by atoms with Crippen molar-refractivity contribution in [2.75, 3.05) is 32.7 Å². The predicted octanol–water partition coefficient (Wildman–Crippen LogP) is 2.55. The standard InChI is InChI=1S/C14H24N4.C2H6/c1-6-16-18(9-1)14-4-10-17(11-5-14)12-13-2-7-15-8-3-13;1-2/h1,6,9,13-15H,2-5,7-8,10-12H2;1-2H3. The van der Waals surface area contributed by atoms with Crippen molar-refractivity contribution >= 4 is 0 Å². The molecule has 0 spiro atoms. The molecule has 3 heterocycles. The van der Waals surface area contributed by atoms with Gasteiger partial charge in [-0.3, -0.25) is 4.68 Å². The van der Waals surface area contributed by atoms with E-state index in [1.165, 1.54) is 58.4 Å². The third-order valence-corrected chi connectivity index (χ3v) is 4.43. The maximum atomic E-state index is 4.37. The zero-order valence-electron chi connectivity index (χ0n) is 13.1. The summed E-state index contributed by atoms with van der Waals surface area (Å²) in [5.74, 6) is 0.924. The lowest BCUT2D eigenvalue weighted by Crippen LogP contribution is -2.40. The fourth-order valence-electron chi connectivity index (χ4n) is 3.29. The van der Waals surface area contributed by atoms with Crippen molar-refractivity contribution in [3.05, 3.63) is 18.5 Å². The Kier molecular flexibility index (Phi) is 6.54. The maximum Gasteiger partial charge on any atom is 0.0543 e. The summed E-state index contributed by atoms with van der Waals surface area (Å²) in [4.78, 5) is 2.66. The fourth-order valence-corrected chi connectivity index (χ4v) is 3.29. The van der Waals surface area contributed by atoms with Gasteiger partial charge in [0.05, 0.1) is 6.04 Å². The number of piperidine rings is 2. The number of hydrogen-bond donors (Lipinski definition) is 1. The molecule has 0 aliphatic carbocycles. The number of rotatable bonds is 3. The summed E-state index contributed by atoms with van der Waals surface area (Å²) in [6.07, 6.45) is 9.23. The summed E-state index contributed by atoms with van der Waals surface area (Å²) in [7, 11) is 0. The van der Waals surface area contributed by atoms with Crippen molar-refractivity contribution in [3.63, 3.8) is 0 Å². The van der Waals surface area contributed by atoms with Crippen LogP contribution in [0.2, 0.25) is 0 Å². The number of nitrogens with one attached hydrogen (secondary N) is 1. The van der Waals surface area contributed by atoms with Crippen LogP contribution < -0.4 is 5.32 Å². The Balaban J connectivity index is 0.000000704. The molecule has 3 rings (SSSR count). The highest BCUT2D eigenvalue weighted by Gasteiger charge is 2.23. The van der Waals surface area contributed by atoms with Crippen LogP contribution in [0, 0.1) is 5.92 Å². The van der Waals surface area contributed by atoms with Gasteiger partial charge in [-0.05, 0) is 50.8 Å². The van der Waals surface area contributed by atoms with Crippen LogP contribution in [0.4, 0.5) is 0 Å². The third kappa shape index (κ3) is 4.32. The molecule has 0 amide bonds. The second-order valence-electron chi connectivity index (χ2n) is 5.71. The molecule has 1 N–H and O–H groups in total. The van der Waals surface area contributed by atoms with Crippen LogP contribution in [0.5, 0.6) is 0 Å². The van der Waals surface area contributed by atoms with Gasteiger partial charge in [0.15, 0.2) is 0 Å². The Morgan fingerprint density at radius 2 is 1.80 bits per heavy atom. The lowest BCUT2D eigenvalue weighted by atomic mass is 9.96. The quantitative estimate of drug-likeness (QED) is 0.922. The van der Waals surface area contributed by atoms with Gasteiger partial charge in [-0.1, -0.05) is 13.8 Å². The van der Waals surface area contributed by atoms with Crippen molar-refractivity contribution < 1.29 is 0 Å². The van der Waals surface area contributed by atoms with Crippen LogP contribution in [-0.4, -0.2) is 47.4 Å². The first kappa shape index (κ1) is 15.5. The van der Waals surface area contributed by atoms with Crippen LogP contribution in [0.3, 0.4) is 0 Å². The summed E-state index contributed by atoms with van der Waals surface area (Å²) >= 11 is 0. The second-order valence-corrected chi connectivity index (χ2v) is 5.71. The topological polar surface area (TPSA) is 33.1 Å². The normalized spacial score (nSPS) is 22.3. The van der Waals surface area contributed by atoms with E-state index in [4.69, 9.17) is 0 Å². The SMILES string of the molecule is CC.c1cnn(C2CCN(CC3CCNCC3)CC2)c1. The zero-order valence-corrected chi connectivity index (χ0v) is 13.1. The summed E-state index contributed by atoms with van der Waals surface area (Å²) in [6.45, 7) is 10.2. The smallest absolute Gasteiger partial charge is 0.0543 e. The summed E-state index contributed by atoms with van der Waals surface area (Å²) < 4.78 is 2.14. The second kappa shape index (κ2) is 8.42. The molecular weight excluding hydrogens is 248 g/mol. The van der Waals surface area contributed by atoms with E-state index in [0.29, 0.717) is 6.04 Å². The highest BCUT2D eigenvalue weighted by Crippen LogP contribution is 2.23. The van der Waals surface area contributed by atoms with Gasteiger partial charge in [0, 0.05) is 32.0 Å². The van der Waals surface area contributed by atoms with Gasteiger partial charge in [0.2, 0.25) is 0 Å². The number of aromatic nitrogens is 2. The van der Waals surface area contributed by atoms with E-state index in [9.17, 15) is 0 Å². The molecule has 0 saturated carbocycles. The first-order valence-electron chi connectivity index (χ1n) is 8.34. The van der Waals surface area contributed by atoms with Crippen LogP contribution in [0.1, 0.15) is 45.6 Å². The van der Waals surface area contributed by atoms with Gasteiger partial charge in [0.25, 0.3) is 0 Å². The Hall–Kier alpha value is -0.870. The molecule has 4 heteroatoms. The number of nitrogens with zero attached hydrogens (tertiary/aromatic N) is 3. The molecule has 0 bridgehead atoms. The molecular formula is C16H30N4. The fraction of sp³-hybridized carbons (Fsp3) is 0.812. The van der Waals surface area contributed by atoms with Crippen LogP contribution in [0.25, 0.3) is 0 Å². The van der Waals surface area contributed by atoms with Crippen LogP contribution in [-0.2, 0) is 0 Å². The molecule has 1 aromatic heterocycles. The monoisotopic (exact) mass is 278 g/mol. The van der Waals surface area contributed by atoms with Gasteiger partial charge in [-0.15, -0.1) is 0 Å². The number of likely N-dealkylation sites (tertiary alicyclic amines) is 1. The molecule has 0 atom stereocenters. The molecule has 2 aliphatic heterocycles. The zero-order chi connectivity index (χ0) is 14.2.